The zero-order valence-corrected chi connectivity index (χ0v) is 10.7. The second-order valence-corrected chi connectivity index (χ2v) is 4.81. The van der Waals surface area contributed by atoms with Gasteiger partial charge in [-0.1, -0.05) is 24.3 Å². The minimum Gasteiger partial charge on any atom is -0.493 e. The normalized spacial score (nSPS) is 14.8. The van der Waals surface area contributed by atoms with Crippen molar-refractivity contribution in [1.29, 1.82) is 0 Å². The number of pyridine rings is 1. The molecular formula is C16H17NO2. The number of nitrogens with zero attached hydrogens (tertiary/aromatic N) is 1. The van der Waals surface area contributed by atoms with E-state index in [0.717, 1.165) is 36.5 Å². The Bertz CT molecular complexity index is 554. The Morgan fingerprint density at radius 1 is 1.21 bits per heavy atom. The Morgan fingerprint density at radius 2 is 2.16 bits per heavy atom. The average Bonchev–Trinajstić information content (AvgIpc) is 2.94. The number of aliphatic hydroxyl groups is 1. The number of aromatic nitrogens is 1. The van der Waals surface area contributed by atoms with E-state index >= 15 is 0 Å². The van der Waals surface area contributed by atoms with Gasteiger partial charge in [-0.2, -0.15) is 0 Å². The first-order valence-electron chi connectivity index (χ1n) is 6.67. The standard InChI is InChI=1S/C16H17NO2/c18-15(8-7-13-5-1-2-10-17-13)14-6-3-4-12-9-11-19-16(12)14/h1-6,10,15,18H,7-9,11H2. The van der Waals surface area contributed by atoms with E-state index in [0.29, 0.717) is 6.42 Å². The summed E-state index contributed by atoms with van der Waals surface area (Å²) in [6.45, 7) is 0.722. The first-order chi connectivity index (χ1) is 9.34. The van der Waals surface area contributed by atoms with E-state index in [1.165, 1.54) is 5.56 Å². The third-order valence-electron chi connectivity index (χ3n) is 3.50. The molecule has 98 valence electrons. The molecule has 1 aliphatic rings. The quantitative estimate of drug-likeness (QED) is 0.913. The molecule has 1 atom stereocenters. The Balaban J connectivity index is 1.71. The van der Waals surface area contributed by atoms with Crippen molar-refractivity contribution < 1.29 is 9.84 Å². The molecule has 0 radical (unpaired) electrons. The van der Waals surface area contributed by atoms with E-state index in [1.807, 2.05) is 30.3 Å². The van der Waals surface area contributed by atoms with Crippen LogP contribution in [-0.4, -0.2) is 16.7 Å². The van der Waals surface area contributed by atoms with E-state index in [2.05, 4.69) is 11.1 Å². The molecule has 3 rings (SSSR count). The lowest BCUT2D eigenvalue weighted by Crippen LogP contribution is -2.02. The van der Waals surface area contributed by atoms with Crippen LogP contribution in [0.5, 0.6) is 5.75 Å². The van der Waals surface area contributed by atoms with E-state index < -0.39 is 6.10 Å². The summed E-state index contributed by atoms with van der Waals surface area (Å²) in [5.41, 5.74) is 3.12. The summed E-state index contributed by atoms with van der Waals surface area (Å²) in [6, 6.07) is 11.9. The second-order valence-electron chi connectivity index (χ2n) is 4.81. The molecule has 0 aliphatic carbocycles. The van der Waals surface area contributed by atoms with Gasteiger partial charge >= 0.3 is 0 Å². The minimum atomic E-state index is -0.491. The van der Waals surface area contributed by atoms with Crippen LogP contribution in [0.15, 0.2) is 42.6 Å². The second kappa shape index (κ2) is 5.41. The summed E-state index contributed by atoms with van der Waals surface area (Å²) >= 11 is 0. The monoisotopic (exact) mass is 255 g/mol. The molecule has 1 aliphatic heterocycles. The molecule has 3 nitrogen and oxygen atoms in total. The van der Waals surface area contributed by atoms with Gasteiger partial charge < -0.3 is 9.84 Å². The van der Waals surface area contributed by atoms with Gasteiger partial charge in [0.05, 0.1) is 12.7 Å². The Hall–Kier alpha value is -1.87. The Labute approximate surface area is 112 Å². The number of aliphatic hydroxyl groups excluding tert-OH is 1. The lowest BCUT2D eigenvalue weighted by atomic mass is 10.00. The van der Waals surface area contributed by atoms with E-state index in [1.54, 1.807) is 6.20 Å². The third kappa shape index (κ3) is 2.61. The summed E-state index contributed by atoms with van der Waals surface area (Å²) in [5.74, 6) is 0.885. The highest BCUT2D eigenvalue weighted by Gasteiger charge is 2.20. The lowest BCUT2D eigenvalue weighted by Gasteiger charge is -2.14. The predicted octanol–water partition coefficient (Wildman–Crippen LogP) is 2.68. The van der Waals surface area contributed by atoms with Crippen LogP contribution in [0.1, 0.15) is 29.3 Å². The van der Waals surface area contributed by atoms with Crippen molar-refractivity contribution in [2.45, 2.75) is 25.4 Å². The number of para-hydroxylation sites is 1. The molecule has 2 heterocycles. The molecule has 0 bridgehead atoms. The molecule has 2 aromatic rings. The summed E-state index contributed by atoms with van der Waals surface area (Å²) in [7, 11) is 0. The van der Waals surface area contributed by atoms with Crippen LogP contribution in [-0.2, 0) is 12.8 Å². The van der Waals surface area contributed by atoms with Crippen LogP contribution >= 0.6 is 0 Å². The van der Waals surface area contributed by atoms with E-state index in [9.17, 15) is 5.11 Å². The van der Waals surface area contributed by atoms with Crippen LogP contribution in [0, 0.1) is 0 Å². The maximum Gasteiger partial charge on any atom is 0.128 e. The number of hydrogen-bond acceptors (Lipinski definition) is 3. The molecule has 0 fully saturated rings. The SMILES string of the molecule is OC(CCc1ccccn1)c1cccc2c1OCC2. The van der Waals surface area contributed by atoms with Crippen LogP contribution in [0.3, 0.4) is 0 Å². The molecule has 1 aromatic heterocycles. The number of aryl methyl sites for hydroxylation is 1. The van der Waals surface area contributed by atoms with Crippen molar-refractivity contribution in [2.75, 3.05) is 6.61 Å². The van der Waals surface area contributed by atoms with Gasteiger partial charge in [0, 0.05) is 23.9 Å². The maximum atomic E-state index is 10.3. The van der Waals surface area contributed by atoms with Crippen LogP contribution < -0.4 is 4.74 Å². The predicted molar refractivity (Wildman–Crippen MR) is 73.2 cm³/mol. The molecule has 0 amide bonds. The van der Waals surface area contributed by atoms with E-state index in [4.69, 9.17) is 4.74 Å². The number of hydrogen-bond donors (Lipinski definition) is 1. The van der Waals surface area contributed by atoms with Gasteiger partial charge in [0.1, 0.15) is 5.75 Å². The fraction of sp³-hybridized carbons (Fsp3) is 0.312. The molecule has 1 N–H and O–H groups in total. The van der Waals surface area contributed by atoms with Crippen LogP contribution in [0.25, 0.3) is 0 Å². The Kier molecular flexibility index (Phi) is 3.47. The number of benzene rings is 1. The molecular weight excluding hydrogens is 238 g/mol. The molecule has 0 spiro atoms. The van der Waals surface area contributed by atoms with Gasteiger partial charge in [-0.25, -0.2) is 0 Å². The summed E-state index contributed by atoms with van der Waals surface area (Å²) in [5, 5.41) is 10.3. The highest BCUT2D eigenvalue weighted by molar-refractivity contribution is 5.45. The number of rotatable bonds is 4. The zero-order chi connectivity index (χ0) is 13.1. The topological polar surface area (TPSA) is 42.4 Å². The van der Waals surface area contributed by atoms with Gasteiger partial charge in [0.15, 0.2) is 0 Å². The van der Waals surface area contributed by atoms with Crippen LogP contribution in [0.4, 0.5) is 0 Å². The van der Waals surface area contributed by atoms with Crippen molar-refractivity contribution in [1.82, 2.24) is 4.98 Å². The largest absolute Gasteiger partial charge is 0.493 e. The van der Waals surface area contributed by atoms with Gasteiger partial charge in [-0.3, -0.25) is 4.98 Å². The zero-order valence-electron chi connectivity index (χ0n) is 10.7. The molecule has 0 saturated heterocycles. The lowest BCUT2D eigenvalue weighted by molar-refractivity contribution is 0.163. The highest BCUT2D eigenvalue weighted by atomic mass is 16.5. The molecule has 1 unspecified atom stereocenters. The third-order valence-corrected chi connectivity index (χ3v) is 3.50. The highest BCUT2D eigenvalue weighted by Crippen LogP contribution is 2.34. The first kappa shape index (κ1) is 12.2. The molecule has 3 heteroatoms. The van der Waals surface area contributed by atoms with Crippen molar-refractivity contribution in [3.05, 3.63) is 59.4 Å². The van der Waals surface area contributed by atoms with Crippen molar-refractivity contribution in [3.63, 3.8) is 0 Å². The van der Waals surface area contributed by atoms with Crippen molar-refractivity contribution >= 4 is 0 Å². The van der Waals surface area contributed by atoms with E-state index in [-0.39, 0.29) is 0 Å². The van der Waals surface area contributed by atoms with Gasteiger partial charge in [0.2, 0.25) is 0 Å². The minimum absolute atomic E-state index is 0.491. The first-order valence-corrected chi connectivity index (χ1v) is 6.67. The average molecular weight is 255 g/mol. The summed E-state index contributed by atoms with van der Waals surface area (Å²) in [6.07, 6.45) is 3.67. The fourth-order valence-electron chi connectivity index (χ4n) is 2.49. The maximum absolute atomic E-state index is 10.3. The smallest absolute Gasteiger partial charge is 0.128 e. The van der Waals surface area contributed by atoms with Gasteiger partial charge in [0.25, 0.3) is 0 Å². The fourth-order valence-corrected chi connectivity index (χ4v) is 2.49. The summed E-state index contributed by atoms with van der Waals surface area (Å²) < 4.78 is 5.63. The van der Waals surface area contributed by atoms with Gasteiger partial charge in [-0.05, 0) is 30.5 Å². The van der Waals surface area contributed by atoms with Gasteiger partial charge in [-0.15, -0.1) is 0 Å². The number of ether oxygens (including phenoxy) is 1. The molecule has 19 heavy (non-hydrogen) atoms. The summed E-state index contributed by atoms with van der Waals surface area (Å²) in [4.78, 5) is 4.27. The van der Waals surface area contributed by atoms with Crippen molar-refractivity contribution in [3.8, 4) is 5.75 Å². The van der Waals surface area contributed by atoms with Crippen molar-refractivity contribution in [2.24, 2.45) is 0 Å². The van der Waals surface area contributed by atoms with Crippen LogP contribution in [0.2, 0.25) is 0 Å². The number of fused-ring (bicyclic) bond motifs is 1. The molecule has 1 aromatic carbocycles. The Morgan fingerprint density at radius 3 is 3.00 bits per heavy atom. The molecule has 0 saturated carbocycles.